The van der Waals surface area contributed by atoms with Crippen LogP contribution < -0.4 is 4.90 Å². The molecule has 0 unspecified atom stereocenters. The number of benzene rings is 2. The maximum atomic E-state index is 9.56. The van der Waals surface area contributed by atoms with Gasteiger partial charge < -0.3 is 9.64 Å². The fourth-order valence-electron chi connectivity index (χ4n) is 6.25. The molecular formula is C30H27N3O. The summed E-state index contributed by atoms with van der Waals surface area (Å²) >= 11 is 0. The van der Waals surface area contributed by atoms with E-state index in [2.05, 4.69) is 58.3 Å². The summed E-state index contributed by atoms with van der Waals surface area (Å²) in [6.45, 7) is 9.85. The van der Waals surface area contributed by atoms with Crippen LogP contribution in [0, 0.1) is 17.9 Å². The molecule has 4 heteroatoms. The number of nitriles is 1. The van der Waals surface area contributed by atoms with Crippen molar-refractivity contribution in [3.63, 3.8) is 0 Å². The molecule has 4 nitrogen and oxygen atoms in total. The molecule has 1 aliphatic carbocycles. The van der Waals surface area contributed by atoms with Gasteiger partial charge in [0.05, 0.1) is 12.6 Å². The lowest BCUT2D eigenvalue weighted by atomic mass is 9.87. The summed E-state index contributed by atoms with van der Waals surface area (Å²) in [5, 5.41) is 9.56. The highest BCUT2D eigenvalue weighted by atomic mass is 16.5. The molecule has 0 radical (unpaired) electrons. The lowest BCUT2D eigenvalue weighted by Gasteiger charge is -2.37. The Bertz CT molecular complexity index is 1280. The second-order valence-electron chi connectivity index (χ2n) is 9.94. The predicted molar refractivity (Wildman–Crippen MR) is 134 cm³/mol. The molecule has 34 heavy (non-hydrogen) atoms. The van der Waals surface area contributed by atoms with Crippen molar-refractivity contribution in [2.24, 2.45) is 0 Å². The number of nitrogens with zero attached hydrogens (tertiary/aromatic N) is 3. The largest absolute Gasteiger partial charge is 0.486 e. The molecule has 2 aromatic rings. The summed E-state index contributed by atoms with van der Waals surface area (Å²) in [6.07, 6.45) is 13.0. The van der Waals surface area contributed by atoms with E-state index in [1.807, 2.05) is 12.2 Å². The van der Waals surface area contributed by atoms with Crippen LogP contribution in [0.4, 0.5) is 5.69 Å². The zero-order valence-corrected chi connectivity index (χ0v) is 19.3. The molecule has 0 bridgehead atoms. The van der Waals surface area contributed by atoms with Crippen LogP contribution in [0.5, 0.6) is 0 Å². The van der Waals surface area contributed by atoms with Gasteiger partial charge >= 0.3 is 0 Å². The van der Waals surface area contributed by atoms with Crippen molar-refractivity contribution >= 4 is 11.8 Å². The molecule has 0 saturated heterocycles. The molecular weight excluding hydrogens is 418 g/mol. The molecule has 3 heterocycles. The van der Waals surface area contributed by atoms with E-state index in [0.717, 1.165) is 37.0 Å². The zero-order chi connectivity index (χ0) is 23.1. The first-order chi connectivity index (χ1) is 16.7. The third kappa shape index (κ3) is 3.61. The second kappa shape index (κ2) is 8.23. The molecule has 168 valence electrons. The number of ether oxygens (including phenoxy) is 1. The minimum atomic E-state index is -0.428. The highest BCUT2D eigenvalue weighted by molar-refractivity contribution is 5.68. The Labute approximate surface area is 201 Å². The molecule has 6 rings (SSSR count). The van der Waals surface area contributed by atoms with E-state index < -0.39 is 5.60 Å². The van der Waals surface area contributed by atoms with Gasteiger partial charge in [-0.3, -0.25) is 0 Å². The third-order valence-electron chi connectivity index (χ3n) is 7.62. The monoisotopic (exact) mass is 445 g/mol. The number of hydrogen-bond donors (Lipinski definition) is 0. The second-order valence-corrected chi connectivity index (χ2v) is 9.94. The lowest BCUT2D eigenvalue weighted by Crippen LogP contribution is -2.36. The van der Waals surface area contributed by atoms with Crippen molar-refractivity contribution in [1.29, 1.82) is 5.26 Å². The predicted octanol–water partition coefficient (Wildman–Crippen LogP) is 5.94. The van der Waals surface area contributed by atoms with Gasteiger partial charge in [-0.2, -0.15) is 0 Å². The SMILES string of the molecule is [C-]#[N+]/C(C#N)=C1C=C(/C=C/c2cc3c4c(c2)CCCN4CCC3)OC2(C\1)Cc1ccccc1C2. The molecule has 0 aromatic heterocycles. The number of fused-ring (bicyclic) bond motifs is 1. The van der Waals surface area contributed by atoms with Crippen molar-refractivity contribution in [3.8, 4) is 6.07 Å². The molecule has 0 fully saturated rings. The maximum Gasteiger partial charge on any atom is 0.265 e. The highest BCUT2D eigenvalue weighted by Gasteiger charge is 2.42. The van der Waals surface area contributed by atoms with E-state index in [9.17, 15) is 5.26 Å². The van der Waals surface area contributed by atoms with Crippen molar-refractivity contribution in [2.75, 3.05) is 18.0 Å². The Morgan fingerprint density at radius 2 is 1.68 bits per heavy atom. The lowest BCUT2D eigenvalue weighted by molar-refractivity contribution is 0.0108. The minimum absolute atomic E-state index is 0.169. The van der Waals surface area contributed by atoms with Crippen LogP contribution in [0.3, 0.4) is 0 Å². The van der Waals surface area contributed by atoms with Gasteiger partial charge in [-0.1, -0.05) is 30.3 Å². The van der Waals surface area contributed by atoms with Crippen LogP contribution in [0.15, 0.2) is 65.6 Å². The van der Waals surface area contributed by atoms with E-state index in [1.165, 1.54) is 59.4 Å². The van der Waals surface area contributed by atoms with E-state index in [0.29, 0.717) is 6.42 Å². The normalized spacial score (nSPS) is 21.2. The first-order valence-electron chi connectivity index (χ1n) is 12.2. The Hall–Kier alpha value is -3.76. The smallest absolute Gasteiger partial charge is 0.265 e. The number of allylic oxidation sites excluding steroid dienone is 3. The summed E-state index contributed by atoms with van der Waals surface area (Å²) < 4.78 is 6.63. The summed E-state index contributed by atoms with van der Waals surface area (Å²) in [5.74, 6) is 0.735. The first kappa shape index (κ1) is 20.8. The summed E-state index contributed by atoms with van der Waals surface area (Å²) in [4.78, 5) is 6.07. The van der Waals surface area contributed by atoms with Crippen LogP contribution in [0.2, 0.25) is 0 Å². The van der Waals surface area contributed by atoms with Crippen LogP contribution >= 0.6 is 0 Å². The topological polar surface area (TPSA) is 40.6 Å². The molecule has 1 spiro atoms. The molecule has 0 saturated carbocycles. The van der Waals surface area contributed by atoms with Crippen molar-refractivity contribution < 1.29 is 4.74 Å². The van der Waals surface area contributed by atoms with Gasteiger partial charge in [0, 0.05) is 38.0 Å². The molecule has 4 aliphatic rings. The van der Waals surface area contributed by atoms with Gasteiger partial charge in [-0.25, -0.2) is 10.1 Å². The fraction of sp³-hybridized carbons (Fsp3) is 0.333. The van der Waals surface area contributed by atoms with Crippen LogP contribution in [-0.4, -0.2) is 18.7 Å². The van der Waals surface area contributed by atoms with Crippen molar-refractivity contribution in [2.45, 2.75) is 50.5 Å². The number of aryl methyl sites for hydroxylation is 2. The van der Waals surface area contributed by atoms with E-state index in [-0.39, 0.29) is 5.70 Å². The van der Waals surface area contributed by atoms with Gasteiger partial charge in [0.1, 0.15) is 11.4 Å². The molecule has 0 amide bonds. The van der Waals surface area contributed by atoms with Gasteiger partial charge in [0.2, 0.25) is 0 Å². The average Bonchev–Trinajstić information content (AvgIpc) is 3.20. The molecule has 0 N–H and O–H groups in total. The van der Waals surface area contributed by atoms with Gasteiger partial charge in [-0.15, -0.1) is 0 Å². The van der Waals surface area contributed by atoms with Crippen molar-refractivity contribution in [1.82, 2.24) is 0 Å². The average molecular weight is 446 g/mol. The standard InChI is InChI=1S/C30H27N3O/c1-32-28(20-31)26-16-27(34-30(19-26)17-24-6-2-3-7-25(24)18-30)11-10-21-14-22-8-4-12-33-13-5-9-23(15-21)29(22)33/h2-3,6-7,10-11,14-16H,4-5,8-9,12-13,17-19H2/b11-10+,28-26+. The third-order valence-corrected chi connectivity index (χ3v) is 7.62. The molecule has 2 aromatic carbocycles. The zero-order valence-electron chi connectivity index (χ0n) is 19.3. The Morgan fingerprint density at radius 1 is 1.00 bits per heavy atom. The van der Waals surface area contributed by atoms with Gasteiger partial charge in [-0.05, 0) is 83.4 Å². The summed E-state index contributed by atoms with van der Waals surface area (Å²) in [7, 11) is 0. The number of anilines is 1. The fourth-order valence-corrected chi connectivity index (χ4v) is 6.25. The van der Waals surface area contributed by atoms with Crippen LogP contribution in [0.25, 0.3) is 10.9 Å². The Morgan fingerprint density at radius 3 is 2.29 bits per heavy atom. The number of rotatable bonds is 2. The summed E-state index contributed by atoms with van der Waals surface area (Å²) in [5.41, 5.74) is 8.73. The van der Waals surface area contributed by atoms with Crippen molar-refractivity contribution in [3.05, 3.63) is 105 Å². The minimum Gasteiger partial charge on any atom is -0.486 e. The highest BCUT2D eigenvalue weighted by Crippen LogP contribution is 2.43. The van der Waals surface area contributed by atoms with Gasteiger partial charge in [0.25, 0.3) is 5.70 Å². The van der Waals surface area contributed by atoms with Crippen LogP contribution in [0.1, 0.15) is 47.1 Å². The van der Waals surface area contributed by atoms with E-state index in [1.54, 1.807) is 0 Å². The van der Waals surface area contributed by atoms with E-state index in [4.69, 9.17) is 11.3 Å². The van der Waals surface area contributed by atoms with Crippen LogP contribution in [-0.2, 0) is 30.4 Å². The summed E-state index contributed by atoms with van der Waals surface area (Å²) in [6, 6.07) is 15.2. The quantitative estimate of drug-likeness (QED) is 0.424. The molecule has 3 aliphatic heterocycles. The van der Waals surface area contributed by atoms with E-state index >= 15 is 0 Å². The number of hydrogen-bond acceptors (Lipinski definition) is 3. The maximum absolute atomic E-state index is 9.56. The molecule has 0 atom stereocenters. The Balaban J connectivity index is 1.35. The Kier molecular flexibility index (Phi) is 5.04. The first-order valence-corrected chi connectivity index (χ1v) is 12.2. The van der Waals surface area contributed by atoms with Gasteiger partial charge in [0.15, 0.2) is 0 Å².